The van der Waals surface area contributed by atoms with Gasteiger partial charge in [0.2, 0.25) is 10.0 Å². The minimum atomic E-state index is -3.54. The van der Waals surface area contributed by atoms with E-state index in [1.807, 2.05) is 38.1 Å². The Morgan fingerprint density at radius 1 is 1.14 bits per heavy atom. The van der Waals surface area contributed by atoms with Gasteiger partial charge in [-0.15, -0.1) is 0 Å². The topological polar surface area (TPSA) is 93.7 Å². The Morgan fingerprint density at radius 3 is 2.52 bits per heavy atom. The van der Waals surface area contributed by atoms with Crippen molar-refractivity contribution < 1.29 is 22.7 Å². The monoisotopic (exact) mass is 420 g/mol. The number of amides is 1. The van der Waals surface area contributed by atoms with Crippen LogP contribution in [0.1, 0.15) is 37.4 Å². The molecule has 0 aliphatic carbocycles. The molecule has 1 amide bonds. The van der Waals surface area contributed by atoms with Crippen molar-refractivity contribution in [3.05, 3.63) is 53.6 Å². The molecule has 0 unspecified atom stereocenters. The van der Waals surface area contributed by atoms with Crippen LogP contribution in [0.4, 0.5) is 0 Å². The van der Waals surface area contributed by atoms with E-state index in [0.29, 0.717) is 30.0 Å². The number of carbonyl (C=O) groups is 1. The van der Waals surface area contributed by atoms with Crippen LogP contribution >= 0.6 is 0 Å². The van der Waals surface area contributed by atoms with Crippen LogP contribution in [0.15, 0.2) is 47.4 Å². The Hall–Kier alpha value is -2.58. The molecule has 0 spiro atoms. The molecule has 7 nitrogen and oxygen atoms in total. The molecule has 0 aromatic heterocycles. The lowest BCUT2D eigenvalue weighted by molar-refractivity contribution is -0.123. The molecule has 2 N–H and O–H groups in total. The summed E-state index contributed by atoms with van der Waals surface area (Å²) in [4.78, 5) is 12.4. The molecule has 2 rings (SSSR count). The lowest BCUT2D eigenvalue weighted by Gasteiger charge is -2.17. The molecular weight excluding hydrogens is 392 g/mol. The number of methoxy groups -OCH3 is 1. The van der Waals surface area contributed by atoms with Crippen molar-refractivity contribution in [1.82, 2.24) is 10.0 Å². The maximum Gasteiger partial charge on any atom is 0.258 e. The summed E-state index contributed by atoms with van der Waals surface area (Å²) in [6, 6.07) is 11.8. The van der Waals surface area contributed by atoms with E-state index in [2.05, 4.69) is 10.0 Å². The highest BCUT2D eigenvalue weighted by Crippen LogP contribution is 2.25. The standard InChI is InChI=1S/C21H28N2O5S/c1-5-12-22-29(25,26)17-10-11-19(15(2)13-17)28-14-21(24)23-16(3)18-8-6-7-9-20(18)27-4/h6-11,13,16,22H,5,12,14H2,1-4H3,(H,23,24)/t16-/m1/s1. The normalized spacial score (nSPS) is 12.3. The van der Waals surface area contributed by atoms with Gasteiger partial charge in [-0.3, -0.25) is 4.79 Å². The third kappa shape index (κ3) is 6.20. The summed E-state index contributed by atoms with van der Waals surface area (Å²) in [6.07, 6.45) is 0.710. The number of aryl methyl sites for hydroxylation is 1. The molecule has 0 radical (unpaired) electrons. The molecule has 0 saturated carbocycles. The molecule has 0 aliphatic rings. The van der Waals surface area contributed by atoms with Crippen LogP contribution in [0.25, 0.3) is 0 Å². The van der Waals surface area contributed by atoms with E-state index >= 15 is 0 Å². The SMILES string of the molecule is CCCNS(=O)(=O)c1ccc(OCC(=O)N[C@H](C)c2ccccc2OC)c(C)c1. The van der Waals surface area contributed by atoms with Crippen LogP contribution in [0.3, 0.4) is 0 Å². The van der Waals surface area contributed by atoms with E-state index in [-0.39, 0.29) is 23.5 Å². The van der Waals surface area contributed by atoms with Gasteiger partial charge in [-0.2, -0.15) is 0 Å². The summed E-state index contributed by atoms with van der Waals surface area (Å²) in [5, 5.41) is 2.87. The van der Waals surface area contributed by atoms with Crippen molar-refractivity contribution in [2.24, 2.45) is 0 Å². The Labute approximate surface area is 172 Å². The highest BCUT2D eigenvalue weighted by atomic mass is 32.2. The molecule has 0 fully saturated rings. The first-order chi connectivity index (χ1) is 13.8. The number of benzene rings is 2. The molecule has 0 saturated heterocycles. The van der Waals surface area contributed by atoms with Gasteiger partial charge in [-0.05, 0) is 50.1 Å². The summed E-state index contributed by atoms with van der Waals surface area (Å²) < 4.78 is 37.8. The average Bonchev–Trinajstić information content (AvgIpc) is 2.71. The van der Waals surface area contributed by atoms with Gasteiger partial charge < -0.3 is 14.8 Å². The van der Waals surface area contributed by atoms with Crippen LogP contribution in [0.2, 0.25) is 0 Å². The predicted octanol–water partition coefficient (Wildman–Crippen LogP) is 2.95. The van der Waals surface area contributed by atoms with E-state index in [1.54, 1.807) is 20.1 Å². The molecule has 2 aromatic rings. The number of carbonyl (C=O) groups excluding carboxylic acids is 1. The maximum absolute atomic E-state index is 12.3. The van der Waals surface area contributed by atoms with E-state index in [0.717, 1.165) is 5.56 Å². The molecule has 0 heterocycles. The zero-order chi connectivity index (χ0) is 21.4. The van der Waals surface area contributed by atoms with Gasteiger partial charge in [0.15, 0.2) is 6.61 Å². The number of sulfonamides is 1. The fourth-order valence-electron chi connectivity index (χ4n) is 2.80. The largest absolute Gasteiger partial charge is 0.496 e. The lowest BCUT2D eigenvalue weighted by Crippen LogP contribution is -2.31. The van der Waals surface area contributed by atoms with Crippen LogP contribution in [-0.2, 0) is 14.8 Å². The summed E-state index contributed by atoms with van der Waals surface area (Å²) >= 11 is 0. The van der Waals surface area contributed by atoms with Gasteiger partial charge in [0, 0.05) is 12.1 Å². The Morgan fingerprint density at radius 2 is 1.86 bits per heavy atom. The summed E-state index contributed by atoms with van der Waals surface area (Å²) in [5.41, 5.74) is 1.50. The highest BCUT2D eigenvalue weighted by Gasteiger charge is 2.16. The number of hydrogen-bond donors (Lipinski definition) is 2. The van der Waals surface area contributed by atoms with E-state index in [9.17, 15) is 13.2 Å². The first kappa shape index (κ1) is 22.7. The molecule has 1 atom stereocenters. The van der Waals surface area contributed by atoms with E-state index in [4.69, 9.17) is 9.47 Å². The minimum absolute atomic E-state index is 0.171. The molecule has 29 heavy (non-hydrogen) atoms. The zero-order valence-electron chi connectivity index (χ0n) is 17.2. The highest BCUT2D eigenvalue weighted by molar-refractivity contribution is 7.89. The second kappa shape index (κ2) is 10.3. The number of para-hydroxylation sites is 1. The third-order valence-electron chi connectivity index (χ3n) is 4.34. The summed E-state index contributed by atoms with van der Waals surface area (Å²) in [5.74, 6) is 0.870. The smallest absolute Gasteiger partial charge is 0.258 e. The van der Waals surface area contributed by atoms with Crippen molar-refractivity contribution in [2.45, 2.75) is 38.1 Å². The Kier molecular flexibility index (Phi) is 8.04. The number of rotatable bonds is 10. The summed E-state index contributed by atoms with van der Waals surface area (Å²) in [7, 11) is -1.96. The first-order valence-corrected chi connectivity index (χ1v) is 10.9. The molecule has 0 bridgehead atoms. The van der Waals surface area contributed by atoms with Gasteiger partial charge in [0.25, 0.3) is 5.91 Å². The second-order valence-corrected chi connectivity index (χ2v) is 8.41. The van der Waals surface area contributed by atoms with Gasteiger partial charge in [-0.1, -0.05) is 25.1 Å². The maximum atomic E-state index is 12.3. The average molecular weight is 421 g/mol. The van der Waals surface area contributed by atoms with Crippen LogP contribution in [0, 0.1) is 6.92 Å². The molecular formula is C21H28N2O5S. The second-order valence-electron chi connectivity index (χ2n) is 6.64. The third-order valence-corrected chi connectivity index (χ3v) is 5.80. The summed E-state index contributed by atoms with van der Waals surface area (Å²) in [6.45, 7) is 5.70. The number of ether oxygens (including phenoxy) is 2. The predicted molar refractivity (Wildman–Crippen MR) is 112 cm³/mol. The van der Waals surface area contributed by atoms with Crippen LogP contribution < -0.4 is 19.5 Å². The van der Waals surface area contributed by atoms with Gasteiger partial charge >= 0.3 is 0 Å². The Balaban J connectivity index is 1.98. The van der Waals surface area contributed by atoms with Crippen molar-refractivity contribution in [2.75, 3.05) is 20.3 Å². The van der Waals surface area contributed by atoms with E-state index in [1.165, 1.54) is 12.1 Å². The lowest BCUT2D eigenvalue weighted by atomic mass is 10.1. The van der Waals surface area contributed by atoms with Gasteiger partial charge in [-0.25, -0.2) is 13.1 Å². The van der Waals surface area contributed by atoms with Crippen LogP contribution in [-0.4, -0.2) is 34.6 Å². The van der Waals surface area contributed by atoms with Crippen LogP contribution in [0.5, 0.6) is 11.5 Å². The number of nitrogens with one attached hydrogen (secondary N) is 2. The minimum Gasteiger partial charge on any atom is -0.496 e. The fourth-order valence-corrected chi connectivity index (χ4v) is 4.02. The molecule has 8 heteroatoms. The van der Waals surface area contributed by atoms with Crippen molar-refractivity contribution in [3.63, 3.8) is 0 Å². The van der Waals surface area contributed by atoms with Crippen molar-refractivity contribution >= 4 is 15.9 Å². The fraction of sp³-hybridized carbons (Fsp3) is 0.381. The molecule has 0 aliphatic heterocycles. The van der Waals surface area contributed by atoms with Crippen molar-refractivity contribution in [3.8, 4) is 11.5 Å². The van der Waals surface area contributed by atoms with E-state index < -0.39 is 10.0 Å². The first-order valence-electron chi connectivity index (χ1n) is 9.44. The molecule has 158 valence electrons. The molecule has 2 aromatic carbocycles. The van der Waals surface area contributed by atoms with Crippen molar-refractivity contribution in [1.29, 1.82) is 0 Å². The van der Waals surface area contributed by atoms with Gasteiger partial charge in [0.1, 0.15) is 11.5 Å². The quantitative estimate of drug-likeness (QED) is 0.616. The Bertz CT molecular complexity index is 944. The van der Waals surface area contributed by atoms with Gasteiger partial charge in [0.05, 0.1) is 18.0 Å². The number of hydrogen-bond acceptors (Lipinski definition) is 5. The zero-order valence-corrected chi connectivity index (χ0v) is 18.0.